The lowest BCUT2D eigenvalue weighted by atomic mass is 9.96. The predicted octanol–water partition coefficient (Wildman–Crippen LogP) is 6.18. The number of carbonyl (C=O) groups excluding carboxylic acids is 1. The molecule has 1 N–H and O–H groups in total. The van der Waals surface area contributed by atoms with Crippen molar-refractivity contribution in [3.05, 3.63) is 119 Å². The second-order valence-corrected chi connectivity index (χ2v) is 11.6. The van der Waals surface area contributed by atoms with Crippen molar-refractivity contribution in [1.29, 1.82) is 0 Å². The van der Waals surface area contributed by atoms with Crippen LogP contribution in [0.15, 0.2) is 96.3 Å². The Kier molecular flexibility index (Phi) is 8.53. The highest BCUT2D eigenvalue weighted by molar-refractivity contribution is 7.98. The highest BCUT2D eigenvalue weighted by Crippen LogP contribution is 2.31. The number of nitrogens with one attached hydrogen (secondary N) is 1. The molecule has 0 unspecified atom stereocenters. The predicted molar refractivity (Wildman–Crippen MR) is 168 cm³/mol. The molecule has 3 aromatic carbocycles. The molecule has 0 saturated carbocycles. The van der Waals surface area contributed by atoms with E-state index in [1.807, 2.05) is 49.2 Å². The Hall–Kier alpha value is -4.14. The zero-order chi connectivity index (χ0) is 28.9. The molecule has 0 aliphatic carbocycles. The smallest absolute Gasteiger partial charge is 0.260 e. The summed E-state index contributed by atoms with van der Waals surface area (Å²) >= 11 is 1.61. The summed E-state index contributed by atoms with van der Waals surface area (Å²) in [6, 6.07) is 29.4. The van der Waals surface area contributed by atoms with E-state index < -0.39 is 0 Å². The Bertz CT molecular complexity index is 1580. The van der Waals surface area contributed by atoms with Gasteiger partial charge in [-0.1, -0.05) is 84.6 Å². The van der Waals surface area contributed by atoms with Crippen molar-refractivity contribution in [3.8, 4) is 5.75 Å². The van der Waals surface area contributed by atoms with Crippen LogP contribution in [0.25, 0.3) is 11.0 Å². The number of benzene rings is 3. The molecule has 1 amide bonds. The monoisotopic (exact) mass is 577 g/mol. The number of imidazole rings is 1. The number of aryl methyl sites for hydroxylation is 1. The fourth-order valence-electron chi connectivity index (χ4n) is 5.60. The van der Waals surface area contributed by atoms with Crippen molar-refractivity contribution >= 4 is 28.7 Å². The maximum Gasteiger partial charge on any atom is 0.260 e. The van der Waals surface area contributed by atoms with Crippen LogP contribution in [0.1, 0.15) is 34.0 Å². The number of para-hydroxylation sites is 2. The van der Waals surface area contributed by atoms with Gasteiger partial charge in [0, 0.05) is 49.3 Å². The first-order chi connectivity index (χ1) is 20.6. The lowest BCUT2D eigenvalue weighted by Gasteiger charge is -2.39. The molecule has 8 heteroatoms. The number of hydrogen-bond donors (Lipinski definition) is 1. The number of piperazine rings is 1. The van der Waals surface area contributed by atoms with Gasteiger partial charge < -0.3 is 14.6 Å². The summed E-state index contributed by atoms with van der Waals surface area (Å²) in [5, 5.41) is 0.858. The zero-order valence-corrected chi connectivity index (χ0v) is 24.8. The van der Waals surface area contributed by atoms with Crippen LogP contribution in [0.4, 0.5) is 0 Å². The average Bonchev–Trinajstić information content (AvgIpc) is 3.45. The van der Waals surface area contributed by atoms with Gasteiger partial charge in [-0.15, -0.1) is 0 Å². The van der Waals surface area contributed by atoms with E-state index in [2.05, 4.69) is 80.5 Å². The lowest BCUT2D eigenvalue weighted by Crippen LogP contribution is -2.51. The van der Waals surface area contributed by atoms with Gasteiger partial charge in [-0.3, -0.25) is 14.7 Å². The van der Waals surface area contributed by atoms with Gasteiger partial charge in [0.1, 0.15) is 5.75 Å². The lowest BCUT2D eigenvalue weighted by molar-refractivity contribution is -0.135. The van der Waals surface area contributed by atoms with Crippen LogP contribution >= 0.6 is 11.8 Å². The minimum Gasteiger partial charge on any atom is -0.483 e. The largest absolute Gasteiger partial charge is 0.483 e. The number of rotatable bonds is 9. The highest BCUT2D eigenvalue weighted by Gasteiger charge is 2.28. The fraction of sp³-hybridized carbons (Fsp3) is 0.265. The maximum absolute atomic E-state index is 13.2. The maximum atomic E-state index is 13.2. The van der Waals surface area contributed by atoms with Crippen LogP contribution in [-0.2, 0) is 10.5 Å². The third kappa shape index (κ3) is 6.20. The highest BCUT2D eigenvalue weighted by atomic mass is 32.2. The van der Waals surface area contributed by atoms with Gasteiger partial charge in [-0.25, -0.2) is 4.98 Å². The van der Waals surface area contributed by atoms with E-state index in [0.29, 0.717) is 18.8 Å². The summed E-state index contributed by atoms with van der Waals surface area (Å²) in [4.78, 5) is 30.3. The second kappa shape index (κ2) is 12.8. The van der Waals surface area contributed by atoms with Gasteiger partial charge in [0.2, 0.25) is 0 Å². The van der Waals surface area contributed by atoms with Gasteiger partial charge >= 0.3 is 0 Å². The number of hydrogen-bond acceptors (Lipinski definition) is 6. The van der Waals surface area contributed by atoms with Gasteiger partial charge in [-0.05, 0) is 37.1 Å². The summed E-state index contributed by atoms with van der Waals surface area (Å²) in [5.41, 5.74) is 7.32. The Morgan fingerprint density at radius 2 is 1.55 bits per heavy atom. The number of amides is 1. The van der Waals surface area contributed by atoms with Crippen molar-refractivity contribution in [3.63, 3.8) is 0 Å². The Balaban J connectivity index is 1.07. The minimum absolute atomic E-state index is 0.0134. The summed E-state index contributed by atoms with van der Waals surface area (Å²) in [6.07, 6.45) is 1.83. The Morgan fingerprint density at radius 3 is 2.21 bits per heavy atom. The van der Waals surface area contributed by atoms with Crippen LogP contribution < -0.4 is 4.74 Å². The average molecular weight is 578 g/mol. The Labute approximate surface area is 250 Å². The zero-order valence-electron chi connectivity index (χ0n) is 24.0. The first-order valence-electron chi connectivity index (χ1n) is 14.3. The quantitative estimate of drug-likeness (QED) is 0.211. The molecule has 2 aromatic heterocycles. The van der Waals surface area contributed by atoms with E-state index in [1.165, 1.54) is 11.1 Å². The molecule has 0 radical (unpaired) electrons. The molecule has 1 fully saturated rings. The summed E-state index contributed by atoms with van der Waals surface area (Å²) < 4.78 is 6.16. The van der Waals surface area contributed by atoms with Crippen LogP contribution in [-0.4, -0.2) is 63.4 Å². The molecular formula is C34H35N5O2S. The normalized spacial score (nSPS) is 14.0. The van der Waals surface area contributed by atoms with E-state index in [4.69, 9.17) is 4.74 Å². The number of thioether (sulfide) groups is 1. The third-order valence-corrected chi connectivity index (χ3v) is 8.75. The number of carbonyl (C=O) groups is 1. The van der Waals surface area contributed by atoms with Crippen molar-refractivity contribution in [2.24, 2.45) is 0 Å². The van der Waals surface area contributed by atoms with Crippen LogP contribution in [0, 0.1) is 13.8 Å². The first-order valence-corrected chi connectivity index (χ1v) is 15.3. The molecule has 42 heavy (non-hydrogen) atoms. The van der Waals surface area contributed by atoms with Crippen molar-refractivity contribution in [2.75, 3.05) is 32.8 Å². The summed E-state index contributed by atoms with van der Waals surface area (Å²) in [5.74, 6) is 1.41. The summed E-state index contributed by atoms with van der Waals surface area (Å²) in [7, 11) is 0. The molecular weight excluding hydrogens is 542 g/mol. The number of ether oxygens (including phenoxy) is 1. The van der Waals surface area contributed by atoms with Crippen molar-refractivity contribution in [1.82, 2.24) is 24.8 Å². The molecule has 1 saturated heterocycles. The number of aromatic nitrogens is 3. The van der Waals surface area contributed by atoms with E-state index in [0.717, 1.165) is 51.8 Å². The number of H-pyrrole nitrogens is 1. The second-order valence-electron chi connectivity index (χ2n) is 10.6. The van der Waals surface area contributed by atoms with Crippen LogP contribution in [0.5, 0.6) is 5.75 Å². The van der Waals surface area contributed by atoms with E-state index in [-0.39, 0.29) is 18.6 Å². The van der Waals surface area contributed by atoms with Crippen molar-refractivity contribution < 1.29 is 9.53 Å². The standard InChI is InChI=1S/C34H35N5O2S/c1-24-21-35-30(23-42-34-36-28-15-9-10-16-29(28)37-34)25(2)33(24)41-22-31(40)38-17-19-39(20-18-38)32(26-11-5-3-6-12-26)27-13-7-4-8-14-27/h3-16,21,32H,17-20,22-23H2,1-2H3,(H,36,37). The molecule has 5 aromatic rings. The molecule has 0 spiro atoms. The molecule has 1 aliphatic heterocycles. The van der Waals surface area contributed by atoms with Gasteiger partial charge in [-0.2, -0.15) is 0 Å². The molecule has 0 bridgehead atoms. The van der Waals surface area contributed by atoms with Crippen LogP contribution in [0.2, 0.25) is 0 Å². The first kappa shape index (κ1) is 28.0. The molecule has 0 atom stereocenters. The topological polar surface area (TPSA) is 74.3 Å². The third-order valence-electron chi connectivity index (χ3n) is 7.86. The molecule has 7 nitrogen and oxygen atoms in total. The molecule has 3 heterocycles. The SMILES string of the molecule is Cc1cnc(CSc2nc3ccccc3[nH]2)c(C)c1OCC(=O)N1CCN(C(c2ccccc2)c2ccccc2)CC1. The van der Waals surface area contributed by atoms with Gasteiger partial charge in [0.15, 0.2) is 11.8 Å². The van der Waals surface area contributed by atoms with Gasteiger partial charge in [0.25, 0.3) is 5.91 Å². The number of nitrogens with zero attached hydrogens (tertiary/aromatic N) is 4. The van der Waals surface area contributed by atoms with E-state index >= 15 is 0 Å². The van der Waals surface area contributed by atoms with E-state index in [9.17, 15) is 4.79 Å². The molecule has 214 valence electrons. The number of fused-ring (bicyclic) bond motifs is 1. The summed E-state index contributed by atoms with van der Waals surface area (Å²) in [6.45, 7) is 6.95. The molecule has 1 aliphatic rings. The van der Waals surface area contributed by atoms with Crippen LogP contribution in [0.3, 0.4) is 0 Å². The van der Waals surface area contributed by atoms with E-state index in [1.54, 1.807) is 11.8 Å². The number of pyridine rings is 1. The minimum atomic E-state index is 0.0134. The fourth-order valence-corrected chi connectivity index (χ4v) is 6.51. The molecule has 6 rings (SSSR count). The Morgan fingerprint density at radius 1 is 0.905 bits per heavy atom. The van der Waals surface area contributed by atoms with Crippen molar-refractivity contribution in [2.45, 2.75) is 30.8 Å². The number of aromatic amines is 1. The van der Waals surface area contributed by atoms with Gasteiger partial charge in [0.05, 0.1) is 22.8 Å².